The molecule has 1 nitrogen and oxygen atoms in total. The van der Waals surface area contributed by atoms with E-state index < -0.39 is 0 Å². The third kappa shape index (κ3) is 2.26. The van der Waals surface area contributed by atoms with Crippen molar-refractivity contribution in [1.82, 2.24) is 0 Å². The molecule has 1 saturated carbocycles. The first kappa shape index (κ1) is 12.3. The fourth-order valence-electron chi connectivity index (χ4n) is 2.90. The van der Waals surface area contributed by atoms with Gasteiger partial charge in [0, 0.05) is 11.5 Å². The second kappa shape index (κ2) is 4.25. The Morgan fingerprint density at radius 3 is 2.65 bits per heavy atom. The fraction of sp³-hybridized carbons (Fsp3) is 0.533. The summed E-state index contributed by atoms with van der Waals surface area (Å²) in [6.45, 7) is 6.11. The van der Waals surface area contributed by atoms with Gasteiger partial charge in [0.25, 0.3) is 0 Å². The van der Waals surface area contributed by atoms with Crippen molar-refractivity contribution in [1.29, 1.82) is 0 Å². The molecule has 1 unspecified atom stereocenters. The summed E-state index contributed by atoms with van der Waals surface area (Å²) in [6, 6.07) is 4.44. The maximum absolute atomic E-state index is 13.0. The minimum absolute atomic E-state index is 0.0813. The van der Waals surface area contributed by atoms with Gasteiger partial charge < -0.3 is 0 Å². The Hall–Kier alpha value is -1.18. The van der Waals surface area contributed by atoms with Crippen LogP contribution in [0.4, 0.5) is 4.39 Å². The van der Waals surface area contributed by atoms with Gasteiger partial charge in [-0.2, -0.15) is 0 Å². The van der Waals surface area contributed by atoms with Gasteiger partial charge >= 0.3 is 0 Å². The summed E-state index contributed by atoms with van der Waals surface area (Å²) in [4.78, 5) is 12.5. The number of benzene rings is 1. The molecule has 0 radical (unpaired) electrons. The molecular formula is C15H19FO. The van der Waals surface area contributed by atoms with E-state index in [4.69, 9.17) is 0 Å². The lowest BCUT2D eigenvalue weighted by molar-refractivity contribution is 0.0838. The number of rotatable bonds is 2. The minimum Gasteiger partial charge on any atom is -0.294 e. The van der Waals surface area contributed by atoms with E-state index in [2.05, 4.69) is 13.8 Å². The Morgan fingerprint density at radius 2 is 2.12 bits per heavy atom. The lowest BCUT2D eigenvalue weighted by atomic mass is 9.77. The molecule has 2 heteroatoms. The third-order valence-electron chi connectivity index (χ3n) is 4.03. The van der Waals surface area contributed by atoms with Gasteiger partial charge in [-0.15, -0.1) is 0 Å². The number of ketones is 1. The zero-order valence-electron chi connectivity index (χ0n) is 10.7. The van der Waals surface area contributed by atoms with Crippen LogP contribution < -0.4 is 0 Å². The molecule has 1 fully saturated rings. The Balaban J connectivity index is 2.31. The van der Waals surface area contributed by atoms with Crippen LogP contribution in [-0.4, -0.2) is 5.78 Å². The molecular weight excluding hydrogens is 215 g/mol. The number of halogens is 1. The van der Waals surface area contributed by atoms with Crippen molar-refractivity contribution < 1.29 is 9.18 Å². The molecule has 0 spiro atoms. The molecule has 1 aliphatic rings. The van der Waals surface area contributed by atoms with Gasteiger partial charge in [-0.1, -0.05) is 20.3 Å². The molecule has 1 aliphatic carbocycles. The molecule has 0 aliphatic heterocycles. The SMILES string of the molecule is Cc1cc(F)ccc1C(=O)C1CCCC1(C)C. The lowest BCUT2D eigenvalue weighted by Crippen LogP contribution is -2.26. The van der Waals surface area contributed by atoms with E-state index >= 15 is 0 Å². The quantitative estimate of drug-likeness (QED) is 0.703. The van der Waals surface area contributed by atoms with Crippen LogP contribution in [0.5, 0.6) is 0 Å². The Morgan fingerprint density at radius 1 is 1.41 bits per heavy atom. The van der Waals surface area contributed by atoms with Gasteiger partial charge in [0.15, 0.2) is 5.78 Å². The monoisotopic (exact) mass is 234 g/mol. The molecule has 0 saturated heterocycles. The van der Waals surface area contributed by atoms with Crippen LogP contribution in [0.15, 0.2) is 18.2 Å². The Bertz CT molecular complexity index is 448. The first-order valence-electron chi connectivity index (χ1n) is 6.22. The summed E-state index contributed by atoms with van der Waals surface area (Å²) < 4.78 is 13.0. The molecule has 1 atom stereocenters. The highest BCUT2D eigenvalue weighted by Gasteiger charge is 2.39. The molecule has 1 aromatic carbocycles. The van der Waals surface area contributed by atoms with Crippen LogP contribution >= 0.6 is 0 Å². The predicted octanol–water partition coefficient (Wildman–Crippen LogP) is 4.14. The van der Waals surface area contributed by atoms with Gasteiger partial charge in [0.2, 0.25) is 0 Å². The van der Waals surface area contributed by atoms with Crippen molar-refractivity contribution in [2.24, 2.45) is 11.3 Å². The van der Waals surface area contributed by atoms with E-state index in [1.54, 1.807) is 13.0 Å². The number of hydrogen-bond donors (Lipinski definition) is 0. The van der Waals surface area contributed by atoms with E-state index in [0.29, 0.717) is 5.56 Å². The molecule has 0 bridgehead atoms. The van der Waals surface area contributed by atoms with Gasteiger partial charge in [-0.05, 0) is 48.9 Å². The molecule has 17 heavy (non-hydrogen) atoms. The smallest absolute Gasteiger partial charge is 0.166 e. The van der Waals surface area contributed by atoms with Crippen molar-refractivity contribution >= 4 is 5.78 Å². The van der Waals surface area contributed by atoms with E-state index in [1.165, 1.54) is 12.1 Å². The average molecular weight is 234 g/mol. The Labute approximate surface area is 102 Å². The Kier molecular flexibility index (Phi) is 3.07. The number of hydrogen-bond acceptors (Lipinski definition) is 1. The van der Waals surface area contributed by atoms with Gasteiger partial charge in [-0.3, -0.25) is 4.79 Å². The van der Waals surface area contributed by atoms with Gasteiger partial charge in [0.05, 0.1) is 0 Å². The zero-order chi connectivity index (χ0) is 12.6. The van der Waals surface area contributed by atoms with Gasteiger partial charge in [-0.25, -0.2) is 4.39 Å². The van der Waals surface area contributed by atoms with Crippen LogP contribution in [0.25, 0.3) is 0 Å². The van der Waals surface area contributed by atoms with Crippen molar-refractivity contribution in [3.63, 3.8) is 0 Å². The molecule has 0 aromatic heterocycles. The number of carbonyl (C=O) groups excluding carboxylic acids is 1. The largest absolute Gasteiger partial charge is 0.294 e. The topological polar surface area (TPSA) is 17.1 Å². The van der Waals surface area contributed by atoms with E-state index in [9.17, 15) is 9.18 Å². The molecule has 1 aromatic rings. The number of Topliss-reactive ketones (excluding diaryl/α,β-unsaturated/α-hetero) is 1. The van der Waals surface area contributed by atoms with Crippen molar-refractivity contribution in [3.05, 3.63) is 35.1 Å². The zero-order valence-corrected chi connectivity index (χ0v) is 10.7. The predicted molar refractivity (Wildman–Crippen MR) is 66.6 cm³/mol. The summed E-state index contributed by atoms with van der Waals surface area (Å²) in [5.74, 6) is 0.00129. The summed E-state index contributed by atoms with van der Waals surface area (Å²) in [7, 11) is 0. The van der Waals surface area contributed by atoms with E-state index in [1.807, 2.05) is 0 Å². The first-order chi connectivity index (χ1) is 7.92. The van der Waals surface area contributed by atoms with E-state index in [0.717, 1.165) is 24.8 Å². The summed E-state index contributed by atoms with van der Waals surface area (Å²) in [5.41, 5.74) is 1.52. The highest BCUT2D eigenvalue weighted by Crippen LogP contribution is 2.44. The van der Waals surface area contributed by atoms with Crippen molar-refractivity contribution in [2.75, 3.05) is 0 Å². The molecule has 2 rings (SSSR count). The lowest BCUT2D eigenvalue weighted by Gasteiger charge is -2.26. The van der Waals surface area contributed by atoms with Crippen LogP contribution in [0.2, 0.25) is 0 Å². The first-order valence-corrected chi connectivity index (χ1v) is 6.22. The minimum atomic E-state index is -0.273. The summed E-state index contributed by atoms with van der Waals surface area (Å²) >= 11 is 0. The van der Waals surface area contributed by atoms with Crippen molar-refractivity contribution in [2.45, 2.75) is 40.0 Å². The average Bonchev–Trinajstić information content (AvgIpc) is 2.57. The number of aryl methyl sites for hydroxylation is 1. The van der Waals surface area contributed by atoms with Crippen LogP contribution in [0, 0.1) is 24.1 Å². The molecule has 0 amide bonds. The maximum atomic E-state index is 13.0. The van der Waals surface area contributed by atoms with Crippen LogP contribution in [-0.2, 0) is 0 Å². The summed E-state index contributed by atoms with van der Waals surface area (Å²) in [5, 5.41) is 0. The number of carbonyl (C=O) groups is 1. The summed E-state index contributed by atoms with van der Waals surface area (Å²) in [6.07, 6.45) is 3.18. The standard InChI is InChI=1S/C15H19FO/c1-10-9-11(16)6-7-12(10)14(17)13-5-4-8-15(13,2)3/h6-7,9,13H,4-5,8H2,1-3H3. The molecule has 92 valence electrons. The normalized spacial score (nSPS) is 22.7. The van der Waals surface area contributed by atoms with Crippen LogP contribution in [0.3, 0.4) is 0 Å². The van der Waals surface area contributed by atoms with Crippen LogP contribution in [0.1, 0.15) is 49.0 Å². The second-order valence-electron chi connectivity index (χ2n) is 5.76. The molecule has 0 N–H and O–H groups in total. The van der Waals surface area contributed by atoms with Crippen molar-refractivity contribution in [3.8, 4) is 0 Å². The third-order valence-corrected chi connectivity index (χ3v) is 4.03. The fourth-order valence-corrected chi connectivity index (χ4v) is 2.90. The highest BCUT2D eigenvalue weighted by atomic mass is 19.1. The van der Waals surface area contributed by atoms with E-state index in [-0.39, 0.29) is 22.9 Å². The highest BCUT2D eigenvalue weighted by molar-refractivity contribution is 5.99. The maximum Gasteiger partial charge on any atom is 0.166 e. The second-order valence-corrected chi connectivity index (χ2v) is 5.76. The van der Waals surface area contributed by atoms with Gasteiger partial charge in [0.1, 0.15) is 5.82 Å². The molecule has 0 heterocycles.